The van der Waals surface area contributed by atoms with Crippen LogP contribution in [0.2, 0.25) is 0 Å². The van der Waals surface area contributed by atoms with Gasteiger partial charge in [-0.15, -0.1) is 0 Å². The molecule has 100 valence electrons. The summed E-state index contributed by atoms with van der Waals surface area (Å²) in [6.07, 6.45) is 4.13. The van der Waals surface area contributed by atoms with Crippen LogP contribution in [0.25, 0.3) is 10.8 Å². The lowest BCUT2D eigenvalue weighted by atomic mass is 10.1. The molecule has 0 amide bonds. The molecule has 19 heavy (non-hydrogen) atoms. The molecular formula is C15H18N2O2. The molecule has 1 aliphatic rings. The molecule has 1 aliphatic heterocycles. The summed E-state index contributed by atoms with van der Waals surface area (Å²) in [5.74, 6) is 0.881. The highest BCUT2D eigenvalue weighted by Gasteiger charge is 2.15. The maximum Gasteiger partial charge on any atom is 0.255 e. The van der Waals surface area contributed by atoms with Crippen molar-refractivity contribution in [2.24, 2.45) is 0 Å². The Morgan fingerprint density at radius 1 is 1.37 bits per heavy atom. The molecule has 3 rings (SSSR count). The average molecular weight is 258 g/mol. The van der Waals surface area contributed by atoms with E-state index in [1.165, 1.54) is 0 Å². The molecule has 1 aromatic carbocycles. The average Bonchev–Trinajstić information content (AvgIpc) is 2.42. The van der Waals surface area contributed by atoms with Crippen LogP contribution in [0.4, 0.5) is 0 Å². The Morgan fingerprint density at radius 2 is 2.26 bits per heavy atom. The number of aryl methyl sites for hydroxylation is 1. The van der Waals surface area contributed by atoms with Crippen LogP contribution in [0, 0.1) is 6.92 Å². The fraction of sp³-hybridized carbons (Fsp3) is 0.400. The summed E-state index contributed by atoms with van der Waals surface area (Å²) in [5, 5.41) is 4.98. The van der Waals surface area contributed by atoms with Crippen molar-refractivity contribution >= 4 is 10.8 Å². The zero-order valence-electron chi connectivity index (χ0n) is 11.0. The van der Waals surface area contributed by atoms with Gasteiger partial charge in [-0.05, 0) is 55.5 Å². The monoisotopic (exact) mass is 258 g/mol. The Bertz CT molecular complexity index is 642. The predicted molar refractivity (Wildman–Crippen MR) is 75.8 cm³/mol. The second-order valence-electron chi connectivity index (χ2n) is 5.10. The number of aromatic amines is 1. The number of aromatic nitrogens is 1. The van der Waals surface area contributed by atoms with Crippen LogP contribution in [0.5, 0.6) is 5.75 Å². The molecule has 1 atom stereocenters. The first-order valence-corrected chi connectivity index (χ1v) is 6.73. The van der Waals surface area contributed by atoms with Crippen molar-refractivity contribution in [3.05, 3.63) is 40.3 Å². The van der Waals surface area contributed by atoms with Crippen LogP contribution in [-0.4, -0.2) is 24.2 Å². The maximum atomic E-state index is 11.7. The summed E-state index contributed by atoms with van der Waals surface area (Å²) < 4.78 is 6.06. The van der Waals surface area contributed by atoms with E-state index in [-0.39, 0.29) is 11.7 Å². The molecule has 0 aliphatic carbocycles. The van der Waals surface area contributed by atoms with Gasteiger partial charge in [-0.1, -0.05) is 0 Å². The second-order valence-corrected chi connectivity index (χ2v) is 5.10. The van der Waals surface area contributed by atoms with Gasteiger partial charge in [0.2, 0.25) is 0 Å². The molecule has 2 heterocycles. The third-order valence-corrected chi connectivity index (χ3v) is 3.61. The molecular weight excluding hydrogens is 240 g/mol. The molecule has 4 heteroatoms. The van der Waals surface area contributed by atoms with E-state index in [2.05, 4.69) is 10.3 Å². The summed E-state index contributed by atoms with van der Waals surface area (Å²) in [4.78, 5) is 14.4. The number of hydrogen-bond acceptors (Lipinski definition) is 3. The molecule has 4 nitrogen and oxygen atoms in total. The highest BCUT2D eigenvalue weighted by Crippen LogP contribution is 2.25. The van der Waals surface area contributed by atoms with Gasteiger partial charge in [-0.3, -0.25) is 4.79 Å². The van der Waals surface area contributed by atoms with Crippen molar-refractivity contribution < 1.29 is 4.74 Å². The normalized spacial score (nSPS) is 19.5. The first-order chi connectivity index (χ1) is 9.24. The Balaban J connectivity index is 1.95. The fourth-order valence-electron chi connectivity index (χ4n) is 2.55. The largest absolute Gasteiger partial charge is 0.489 e. The van der Waals surface area contributed by atoms with Crippen LogP contribution >= 0.6 is 0 Å². The lowest BCUT2D eigenvalue weighted by Crippen LogP contribution is -2.37. The van der Waals surface area contributed by atoms with Gasteiger partial charge in [0.25, 0.3) is 5.56 Å². The minimum absolute atomic E-state index is 0.0496. The summed E-state index contributed by atoms with van der Waals surface area (Å²) in [6, 6.07) is 5.77. The van der Waals surface area contributed by atoms with Crippen molar-refractivity contribution in [1.29, 1.82) is 0 Å². The van der Waals surface area contributed by atoms with Crippen molar-refractivity contribution in [1.82, 2.24) is 10.3 Å². The van der Waals surface area contributed by atoms with Crippen molar-refractivity contribution in [2.75, 3.05) is 13.1 Å². The molecule has 0 spiro atoms. The standard InChI is InChI=1S/C15H18N2O2/c1-10-7-13-11(4-6-17-15(13)18)8-14(10)19-12-3-2-5-16-9-12/h4,6-8,12,16H,2-3,5,9H2,1H3,(H,17,18)/t12-/m1/s1. The van der Waals surface area contributed by atoms with Gasteiger partial charge in [0.05, 0.1) is 0 Å². The van der Waals surface area contributed by atoms with Crippen LogP contribution in [0.15, 0.2) is 29.2 Å². The summed E-state index contributed by atoms with van der Waals surface area (Å²) in [6.45, 7) is 3.95. The lowest BCUT2D eigenvalue weighted by Gasteiger charge is -2.24. The number of fused-ring (bicyclic) bond motifs is 1. The van der Waals surface area contributed by atoms with Crippen LogP contribution in [0.3, 0.4) is 0 Å². The van der Waals surface area contributed by atoms with Crippen LogP contribution in [-0.2, 0) is 0 Å². The smallest absolute Gasteiger partial charge is 0.255 e. The van der Waals surface area contributed by atoms with E-state index in [1.807, 2.05) is 25.1 Å². The summed E-state index contributed by atoms with van der Waals surface area (Å²) in [7, 11) is 0. The van der Waals surface area contributed by atoms with Crippen molar-refractivity contribution in [3.63, 3.8) is 0 Å². The van der Waals surface area contributed by atoms with Crippen molar-refractivity contribution in [2.45, 2.75) is 25.9 Å². The van der Waals surface area contributed by atoms with E-state index >= 15 is 0 Å². The summed E-state index contributed by atoms with van der Waals surface area (Å²) >= 11 is 0. The van der Waals surface area contributed by atoms with Gasteiger partial charge < -0.3 is 15.0 Å². The number of hydrogen-bond donors (Lipinski definition) is 2. The highest BCUT2D eigenvalue weighted by atomic mass is 16.5. The van der Waals surface area contributed by atoms with Gasteiger partial charge in [0, 0.05) is 18.1 Å². The Kier molecular flexibility index (Phi) is 3.25. The van der Waals surface area contributed by atoms with E-state index in [0.717, 1.165) is 42.6 Å². The number of piperidine rings is 1. The molecule has 2 aromatic rings. The number of H-pyrrole nitrogens is 1. The Labute approximate surface area is 111 Å². The predicted octanol–water partition coefficient (Wildman–Crippen LogP) is 1.97. The third kappa shape index (κ3) is 2.49. The first-order valence-electron chi connectivity index (χ1n) is 6.73. The van der Waals surface area contributed by atoms with E-state index < -0.39 is 0 Å². The minimum atomic E-state index is -0.0496. The number of ether oxygens (including phenoxy) is 1. The Hall–Kier alpha value is -1.81. The molecule has 0 radical (unpaired) electrons. The number of benzene rings is 1. The van der Waals surface area contributed by atoms with Crippen LogP contribution in [0.1, 0.15) is 18.4 Å². The SMILES string of the molecule is Cc1cc2c(=O)[nH]ccc2cc1O[C@@H]1CCCNC1. The first kappa shape index (κ1) is 12.2. The third-order valence-electron chi connectivity index (χ3n) is 3.61. The maximum absolute atomic E-state index is 11.7. The zero-order valence-corrected chi connectivity index (χ0v) is 11.0. The molecule has 0 unspecified atom stereocenters. The molecule has 0 saturated carbocycles. The van der Waals surface area contributed by atoms with Gasteiger partial charge in [0.15, 0.2) is 0 Å². The molecule has 1 fully saturated rings. The zero-order chi connectivity index (χ0) is 13.2. The van der Waals surface area contributed by atoms with E-state index in [0.29, 0.717) is 5.39 Å². The quantitative estimate of drug-likeness (QED) is 0.866. The van der Waals surface area contributed by atoms with Gasteiger partial charge >= 0.3 is 0 Å². The van der Waals surface area contributed by atoms with Gasteiger partial charge in [-0.2, -0.15) is 0 Å². The van der Waals surface area contributed by atoms with E-state index in [9.17, 15) is 4.79 Å². The lowest BCUT2D eigenvalue weighted by molar-refractivity contribution is 0.166. The van der Waals surface area contributed by atoms with E-state index in [1.54, 1.807) is 6.20 Å². The fourth-order valence-corrected chi connectivity index (χ4v) is 2.55. The molecule has 0 bridgehead atoms. The minimum Gasteiger partial charge on any atom is -0.489 e. The van der Waals surface area contributed by atoms with E-state index in [4.69, 9.17) is 4.74 Å². The Morgan fingerprint density at radius 3 is 3.05 bits per heavy atom. The summed E-state index contributed by atoms with van der Waals surface area (Å²) in [5.41, 5.74) is 0.959. The highest BCUT2D eigenvalue weighted by molar-refractivity contribution is 5.83. The van der Waals surface area contributed by atoms with Crippen molar-refractivity contribution in [3.8, 4) is 5.75 Å². The number of pyridine rings is 1. The van der Waals surface area contributed by atoms with Crippen LogP contribution < -0.4 is 15.6 Å². The topological polar surface area (TPSA) is 54.1 Å². The number of nitrogens with one attached hydrogen (secondary N) is 2. The number of rotatable bonds is 2. The molecule has 1 aromatic heterocycles. The molecule has 1 saturated heterocycles. The molecule has 2 N–H and O–H groups in total. The second kappa shape index (κ2) is 5.05. The van der Waals surface area contributed by atoms with Gasteiger partial charge in [0.1, 0.15) is 11.9 Å². The van der Waals surface area contributed by atoms with Gasteiger partial charge in [-0.25, -0.2) is 0 Å².